The number of carboxylic acids is 1. The Bertz CT molecular complexity index is 1420. The van der Waals surface area contributed by atoms with Crippen molar-refractivity contribution in [1.82, 2.24) is 9.71 Å². The van der Waals surface area contributed by atoms with E-state index >= 15 is 0 Å². The van der Waals surface area contributed by atoms with Gasteiger partial charge in [-0.25, -0.2) is 17.9 Å². The topological polar surface area (TPSA) is 99.3 Å². The molecule has 0 bridgehead atoms. The molecule has 0 fully saturated rings. The number of aromatic carboxylic acids is 1. The minimum Gasteiger partial charge on any atom is -0.478 e. The van der Waals surface area contributed by atoms with Crippen LogP contribution in [0.2, 0.25) is 10.0 Å². The first kappa shape index (κ1) is 22.4. The predicted molar refractivity (Wildman–Crippen MR) is 125 cm³/mol. The van der Waals surface area contributed by atoms with Gasteiger partial charge < -0.3 is 10.1 Å². The fraction of sp³-hybridized carbons (Fsp3) is 0.0870. The van der Waals surface area contributed by atoms with Gasteiger partial charge in [-0.05, 0) is 41.5 Å². The average Bonchev–Trinajstić information content (AvgIpc) is 3.19. The van der Waals surface area contributed by atoms with Crippen molar-refractivity contribution >= 4 is 50.1 Å². The van der Waals surface area contributed by atoms with Crippen LogP contribution < -0.4 is 4.72 Å². The quantitative estimate of drug-likeness (QED) is 0.329. The zero-order valence-corrected chi connectivity index (χ0v) is 18.9. The lowest BCUT2D eigenvalue weighted by Crippen LogP contribution is -2.29. The third-order valence-corrected chi connectivity index (χ3v) is 7.47. The van der Waals surface area contributed by atoms with E-state index in [-0.39, 0.29) is 22.0 Å². The van der Waals surface area contributed by atoms with Crippen molar-refractivity contribution in [2.24, 2.45) is 0 Å². The Morgan fingerprint density at radius 1 is 0.969 bits per heavy atom. The number of rotatable bonds is 7. The van der Waals surface area contributed by atoms with Gasteiger partial charge in [-0.3, -0.25) is 0 Å². The molecule has 4 aromatic rings. The normalized spacial score (nSPS) is 12.7. The van der Waals surface area contributed by atoms with E-state index in [1.807, 2.05) is 42.6 Å². The van der Waals surface area contributed by atoms with Crippen molar-refractivity contribution in [3.63, 3.8) is 0 Å². The molecule has 1 atom stereocenters. The monoisotopic (exact) mass is 488 g/mol. The average molecular weight is 489 g/mol. The fourth-order valence-corrected chi connectivity index (χ4v) is 5.48. The molecule has 164 valence electrons. The van der Waals surface area contributed by atoms with Crippen LogP contribution in [0.5, 0.6) is 0 Å². The molecule has 6 nitrogen and oxygen atoms in total. The number of para-hydroxylation sites is 1. The van der Waals surface area contributed by atoms with Crippen LogP contribution >= 0.6 is 23.2 Å². The maximum Gasteiger partial charge on any atom is 0.335 e. The summed E-state index contributed by atoms with van der Waals surface area (Å²) in [5, 5.41) is 10.6. The van der Waals surface area contributed by atoms with Crippen molar-refractivity contribution in [3.8, 4) is 0 Å². The number of sulfonamides is 1. The summed E-state index contributed by atoms with van der Waals surface area (Å²) in [5.41, 5.74) is 2.38. The number of fused-ring (bicyclic) bond motifs is 1. The lowest BCUT2D eigenvalue weighted by Gasteiger charge is -2.20. The highest BCUT2D eigenvalue weighted by molar-refractivity contribution is 7.89. The van der Waals surface area contributed by atoms with Crippen LogP contribution in [0.15, 0.2) is 77.8 Å². The van der Waals surface area contributed by atoms with Crippen molar-refractivity contribution in [2.75, 3.05) is 6.54 Å². The molecule has 0 saturated carbocycles. The molecule has 0 spiro atoms. The largest absolute Gasteiger partial charge is 0.478 e. The van der Waals surface area contributed by atoms with Gasteiger partial charge in [0.1, 0.15) is 4.90 Å². The van der Waals surface area contributed by atoms with Crippen LogP contribution in [0.25, 0.3) is 10.9 Å². The summed E-state index contributed by atoms with van der Waals surface area (Å²) < 4.78 is 28.7. The molecular weight excluding hydrogens is 471 g/mol. The number of aromatic nitrogens is 1. The van der Waals surface area contributed by atoms with Crippen LogP contribution in [-0.2, 0) is 10.0 Å². The first-order valence-electron chi connectivity index (χ1n) is 9.61. The molecule has 0 aliphatic carbocycles. The van der Waals surface area contributed by atoms with Crippen LogP contribution in [-0.4, -0.2) is 31.0 Å². The van der Waals surface area contributed by atoms with Crippen molar-refractivity contribution in [1.29, 1.82) is 0 Å². The van der Waals surface area contributed by atoms with Gasteiger partial charge in [0.25, 0.3) is 0 Å². The maximum absolute atomic E-state index is 13.1. The molecule has 0 saturated heterocycles. The minimum absolute atomic E-state index is 0.0124. The van der Waals surface area contributed by atoms with E-state index in [1.54, 1.807) is 12.1 Å². The van der Waals surface area contributed by atoms with E-state index in [4.69, 9.17) is 23.2 Å². The van der Waals surface area contributed by atoms with Crippen LogP contribution in [0.1, 0.15) is 27.4 Å². The molecule has 0 aliphatic heterocycles. The lowest BCUT2D eigenvalue weighted by atomic mass is 9.91. The Morgan fingerprint density at radius 2 is 1.69 bits per heavy atom. The molecular formula is C23H18Cl2N2O4S. The van der Waals surface area contributed by atoms with E-state index in [1.165, 1.54) is 12.1 Å². The van der Waals surface area contributed by atoms with Crippen molar-refractivity contribution < 1.29 is 18.3 Å². The van der Waals surface area contributed by atoms with Crippen LogP contribution in [0.3, 0.4) is 0 Å². The predicted octanol–water partition coefficient (Wildman–Crippen LogP) is 5.28. The Balaban J connectivity index is 1.74. The molecule has 0 unspecified atom stereocenters. The smallest absolute Gasteiger partial charge is 0.335 e. The van der Waals surface area contributed by atoms with E-state index in [2.05, 4.69) is 9.71 Å². The van der Waals surface area contributed by atoms with Crippen molar-refractivity contribution in [2.45, 2.75) is 10.8 Å². The standard InChI is InChI=1S/C23H18Cl2N2O4S/c24-19-7-3-1-5-15(19)18(17-12-26-21-8-4-2-6-16(17)21)13-27-32(30,31)22-11-14(23(28)29)9-10-20(22)25/h1-12,18,26-27H,13H2,(H,28,29)/t18-/m1/s1. The van der Waals surface area contributed by atoms with E-state index in [9.17, 15) is 18.3 Å². The number of H-pyrrole nitrogens is 1. The summed E-state index contributed by atoms with van der Waals surface area (Å²) in [6, 6.07) is 18.5. The second kappa shape index (κ2) is 8.96. The van der Waals surface area contributed by atoms with Gasteiger partial charge in [0.2, 0.25) is 10.0 Å². The van der Waals surface area contributed by atoms with E-state index in [0.29, 0.717) is 5.02 Å². The van der Waals surface area contributed by atoms with E-state index < -0.39 is 21.9 Å². The lowest BCUT2D eigenvalue weighted by molar-refractivity contribution is 0.0696. The number of aromatic amines is 1. The van der Waals surface area contributed by atoms with Crippen molar-refractivity contribution in [3.05, 3.63) is 99.7 Å². The summed E-state index contributed by atoms with van der Waals surface area (Å²) in [4.78, 5) is 14.2. The van der Waals surface area contributed by atoms with E-state index in [0.717, 1.165) is 28.1 Å². The minimum atomic E-state index is -4.11. The number of halogens is 2. The fourth-order valence-electron chi connectivity index (χ4n) is 3.64. The summed E-state index contributed by atoms with van der Waals surface area (Å²) >= 11 is 12.5. The molecule has 4 rings (SSSR count). The Kier molecular flexibility index (Phi) is 6.26. The Labute approximate surface area is 194 Å². The molecule has 3 N–H and O–H groups in total. The van der Waals surface area contributed by atoms with Gasteiger partial charge in [0.15, 0.2) is 0 Å². The number of hydrogen-bond donors (Lipinski definition) is 3. The van der Waals surface area contributed by atoms with Gasteiger partial charge in [-0.1, -0.05) is 59.6 Å². The third-order valence-electron chi connectivity index (χ3n) is 5.22. The number of carboxylic acid groups (broad SMARTS) is 1. The zero-order valence-electron chi connectivity index (χ0n) is 16.5. The molecule has 32 heavy (non-hydrogen) atoms. The van der Waals surface area contributed by atoms with Gasteiger partial charge in [-0.15, -0.1) is 0 Å². The van der Waals surface area contributed by atoms with Gasteiger partial charge in [0.05, 0.1) is 10.6 Å². The summed E-state index contributed by atoms with van der Waals surface area (Å²) in [5.74, 6) is -1.65. The molecule has 0 amide bonds. The van der Waals surface area contributed by atoms with Crippen LogP contribution in [0.4, 0.5) is 0 Å². The highest BCUT2D eigenvalue weighted by Crippen LogP contribution is 2.34. The van der Waals surface area contributed by atoms with Crippen LogP contribution in [0, 0.1) is 0 Å². The first-order valence-corrected chi connectivity index (χ1v) is 11.8. The maximum atomic E-state index is 13.1. The second-order valence-electron chi connectivity index (χ2n) is 7.17. The number of nitrogens with one attached hydrogen (secondary N) is 2. The Morgan fingerprint density at radius 3 is 2.44 bits per heavy atom. The zero-order chi connectivity index (χ0) is 22.9. The first-order chi connectivity index (χ1) is 15.3. The van der Waals surface area contributed by atoms with Gasteiger partial charge >= 0.3 is 5.97 Å². The van der Waals surface area contributed by atoms with Gasteiger partial charge in [0, 0.05) is 34.6 Å². The highest BCUT2D eigenvalue weighted by Gasteiger charge is 2.25. The molecule has 1 aromatic heterocycles. The van der Waals surface area contributed by atoms with Gasteiger partial charge in [-0.2, -0.15) is 0 Å². The molecule has 0 aliphatic rings. The number of carbonyl (C=O) groups is 1. The summed E-state index contributed by atoms with van der Waals surface area (Å²) in [6.07, 6.45) is 1.84. The molecule has 1 heterocycles. The SMILES string of the molecule is O=C(O)c1ccc(Cl)c(S(=O)(=O)NC[C@H](c2ccccc2Cl)c2c[nH]c3ccccc23)c1. The highest BCUT2D eigenvalue weighted by atomic mass is 35.5. The molecule has 9 heteroatoms. The Hall–Kier alpha value is -2.84. The number of benzene rings is 3. The molecule has 3 aromatic carbocycles. The third kappa shape index (κ3) is 4.38. The number of hydrogen-bond acceptors (Lipinski definition) is 3. The second-order valence-corrected chi connectivity index (χ2v) is 9.72. The summed E-state index contributed by atoms with van der Waals surface area (Å²) in [6.45, 7) is -0.0124. The molecule has 0 radical (unpaired) electrons. The summed E-state index contributed by atoms with van der Waals surface area (Å²) in [7, 11) is -4.11.